The molecule has 0 atom stereocenters. The van der Waals surface area contributed by atoms with Crippen molar-refractivity contribution in [3.8, 4) is 35.7 Å². The van der Waals surface area contributed by atoms with Crippen LogP contribution < -0.4 is 4.74 Å². The summed E-state index contributed by atoms with van der Waals surface area (Å²) < 4.78 is 11.6. The topological polar surface area (TPSA) is 46.6 Å². The number of thiophene rings is 5. The summed E-state index contributed by atoms with van der Waals surface area (Å²) >= 11 is 9.18. The summed E-state index contributed by atoms with van der Waals surface area (Å²) in [6, 6.07) is 23.9. The highest BCUT2D eigenvalue weighted by molar-refractivity contribution is 7.41. The molecule has 1 aliphatic rings. The molecular weight excluding hydrogens is 787 g/mol. The van der Waals surface area contributed by atoms with Gasteiger partial charge in [-0.25, -0.2) is 0 Å². The minimum Gasteiger partial charge on any atom is -0.494 e. The highest BCUT2D eigenvalue weighted by atomic mass is 32.1. The Morgan fingerprint density at radius 1 is 0.571 bits per heavy atom. The molecule has 2 amide bonds. The second-order valence-electron chi connectivity index (χ2n) is 15.2. The third-order valence-corrected chi connectivity index (χ3v) is 17.0. The Labute approximate surface area is 350 Å². The number of nitrogens with zero attached hydrogens (tertiary/aromatic N) is 1. The van der Waals surface area contributed by atoms with Crippen LogP contribution in [0.2, 0.25) is 0 Å². The maximum absolute atomic E-state index is 14.0. The number of benzene rings is 2. The van der Waals surface area contributed by atoms with Crippen LogP contribution in [-0.4, -0.2) is 29.9 Å². The van der Waals surface area contributed by atoms with E-state index >= 15 is 0 Å². The van der Waals surface area contributed by atoms with Gasteiger partial charge in [0.1, 0.15) is 5.75 Å². The molecule has 9 heteroatoms. The van der Waals surface area contributed by atoms with Crippen LogP contribution in [0.15, 0.2) is 66.7 Å². The van der Waals surface area contributed by atoms with E-state index in [0.717, 1.165) is 54.0 Å². The predicted molar refractivity (Wildman–Crippen MR) is 244 cm³/mol. The second kappa shape index (κ2) is 17.5. The molecule has 5 aromatic heterocycles. The van der Waals surface area contributed by atoms with E-state index in [1.54, 1.807) is 11.3 Å². The Bertz CT molecular complexity index is 2510. The quantitative estimate of drug-likeness (QED) is 0.0639. The maximum atomic E-state index is 14.0. The number of rotatable bonds is 18. The van der Waals surface area contributed by atoms with E-state index in [9.17, 15) is 9.59 Å². The molecule has 2 aromatic carbocycles. The summed E-state index contributed by atoms with van der Waals surface area (Å²) in [5.41, 5.74) is 5.28. The van der Waals surface area contributed by atoms with E-state index in [1.807, 2.05) is 64.4 Å². The van der Waals surface area contributed by atoms with Crippen LogP contribution in [0.5, 0.6) is 5.75 Å². The van der Waals surface area contributed by atoms with E-state index in [-0.39, 0.29) is 11.8 Å². The number of hydrogen-bond acceptors (Lipinski definition) is 8. The molecule has 4 nitrogen and oxygen atoms in total. The Morgan fingerprint density at radius 3 is 1.95 bits per heavy atom. The van der Waals surface area contributed by atoms with Crippen molar-refractivity contribution in [1.29, 1.82) is 0 Å². The SMILES string of the molecule is CCCCCCCCCCOc1cc(C)cc(CCCCN2C(=O)c3c(C)ccc(-c4ccc(-c5cc6sc7cc(-c8ccc(C)s8)sc7c6s5)s4)c3C2=O)c1. The summed E-state index contributed by atoms with van der Waals surface area (Å²) in [5.74, 6) is 0.614. The minimum atomic E-state index is -0.167. The van der Waals surface area contributed by atoms with Crippen molar-refractivity contribution in [2.45, 2.75) is 98.3 Å². The number of imide groups is 1. The van der Waals surface area contributed by atoms with Gasteiger partial charge in [0, 0.05) is 50.8 Å². The van der Waals surface area contributed by atoms with Crippen molar-refractivity contribution >= 4 is 87.3 Å². The van der Waals surface area contributed by atoms with Crippen LogP contribution in [0.25, 0.3) is 48.7 Å². The van der Waals surface area contributed by atoms with Crippen molar-refractivity contribution in [2.75, 3.05) is 13.2 Å². The highest BCUT2D eigenvalue weighted by Crippen LogP contribution is 2.50. The van der Waals surface area contributed by atoms with Gasteiger partial charge in [-0.1, -0.05) is 70.1 Å². The molecule has 290 valence electrons. The minimum absolute atomic E-state index is 0.163. The fourth-order valence-electron chi connectivity index (χ4n) is 7.81. The zero-order valence-electron chi connectivity index (χ0n) is 32.8. The van der Waals surface area contributed by atoms with Gasteiger partial charge in [-0.05, 0) is 112 Å². The number of ether oxygens (including phenoxy) is 1. The molecule has 0 unspecified atom stereocenters. The Balaban J connectivity index is 0.891. The van der Waals surface area contributed by atoms with Crippen LogP contribution >= 0.6 is 56.7 Å². The van der Waals surface area contributed by atoms with Gasteiger partial charge < -0.3 is 4.74 Å². The second-order valence-corrected chi connectivity index (χ2v) is 20.7. The first-order chi connectivity index (χ1) is 27.3. The third kappa shape index (κ3) is 8.35. The Hall–Kier alpha value is -3.60. The van der Waals surface area contributed by atoms with Crippen molar-refractivity contribution in [1.82, 2.24) is 4.90 Å². The van der Waals surface area contributed by atoms with Crippen molar-refractivity contribution in [3.63, 3.8) is 0 Å². The molecule has 56 heavy (non-hydrogen) atoms. The maximum Gasteiger partial charge on any atom is 0.262 e. The van der Waals surface area contributed by atoms with E-state index < -0.39 is 0 Å². The largest absolute Gasteiger partial charge is 0.494 e. The van der Waals surface area contributed by atoms with E-state index in [0.29, 0.717) is 17.7 Å². The monoisotopic (exact) mass is 835 g/mol. The van der Waals surface area contributed by atoms with Gasteiger partial charge in [0.05, 0.1) is 27.1 Å². The number of amides is 2. The van der Waals surface area contributed by atoms with Gasteiger partial charge in [0.15, 0.2) is 0 Å². The summed E-state index contributed by atoms with van der Waals surface area (Å²) in [4.78, 5) is 36.8. The number of hydrogen-bond donors (Lipinski definition) is 0. The van der Waals surface area contributed by atoms with E-state index in [1.165, 1.54) is 104 Å². The van der Waals surface area contributed by atoms with Gasteiger partial charge in [0.2, 0.25) is 0 Å². The highest BCUT2D eigenvalue weighted by Gasteiger charge is 2.38. The van der Waals surface area contributed by atoms with E-state index in [2.05, 4.69) is 75.4 Å². The lowest BCUT2D eigenvalue weighted by molar-refractivity contribution is 0.0652. The van der Waals surface area contributed by atoms with Gasteiger partial charge in [-0.3, -0.25) is 14.5 Å². The summed E-state index contributed by atoms with van der Waals surface area (Å²) in [6.07, 6.45) is 12.8. The average molecular weight is 836 g/mol. The molecule has 0 saturated heterocycles. The van der Waals surface area contributed by atoms with Gasteiger partial charge in [-0.15, -0.1) is 56.7 Å². The van der Waals surface area contributed by atoms with Crippen LogP contribution in [0.1, 0.15) is 113 Å². The molecular formula is C47H49NO3S5. The standard InChI is InChI=1S/C47H49NO3S5/c1-5-6-7-8-9-10-11-14-23-51-33-25-29(2)24-32(26-33)15-12-13-22-48-46(49)42-30(3)16-18-34(43(42)47(48)50)35-20-21-37(53-35)39-28-41-45(56-39)44-40(54-41)27-38(55-44)36-19-17-31(4)52-36/h16-21,24-28H,5-15,22-23H2,1-4H3. The van der Waals surface area contributed by atoms with Gasteiger partial charge in [-0.2, -0.15) is 0 Å². The number of aryl methyl sites for hydroxylation is 4. The molecule has 0 aliphatic carbocycles. The first-order valence-electron chi connectivity index (χ1n) is 20.1. The van der Waals surface area contributed by atoms with Crippen LogP contribution in [0, 0.1) is 20.8 Å². The fraction of sp³-hybridized carbons (Fsp3) is 0.362. The lowest BCUT2D eigenvalue weighted by Gasteiger charge is -2.14. The number of carbonyl (C=O) groups excluding carboxylic acids is 2. The van der Waals surface area contributed by atoms with E-state index in [4.69, 9.17) is 4.74 Å². The normalized spacial score (nSPS) is 12.9. The number of fused-ring (bicyclic) bond motifs is 4. The molecule has 0 saturated carbocycles. The van der Waals surface area contributed by atoms with Crippen molar-refractivity contribution < 1.29 is 14.3 Å². The Morgan fingerprint density at radius 2 is 1.23 bits per heavy atom. The zero-order chi connectivity index (χ0) is 38.8. The lowest BCUT2D eigenvalue weighted by Crippen LogP contribution is -2.31. The Kier molecular flexibility index (Phi) is 12.3. The molecule has 1 aliphatic heterocycles. The first kappa shape index (κ1) is 39.2. The molecule has 7 aromatic rings. The number of carbonyl (C=O) groups is 2. The predicted octanol–water partition coefficient (Wildman–Crippen LogP) is 15.4. The van der Waals surface area contributed by atoms with Gasteiger partial charge >= 0.3 is 0 Å². The molecule has 6 heterocycles. The molecule has 0 fully saturated rings. The molecule has 0 radical (unpaired) electrons. The van der Waals surface area contributed by atoms with Crippen LogP contribution in [0.4, 0.5) is 0 Å². The average Bonchev–Trinajstić information content (AvgIpc) is 4.03. The van der Waals surface area contributed by atoms with Crippen molar-refractivity contribution in [3.05, 3.63) is 99.4 Å². The van der Waals surface area contributed by atoms with Gasteiger partial charge in [0.25, 0.3) is 11.8 Å². The smallest absolute Gasteiger partial charge is 0.262 e. The van der Waals surface area contributed by atoms with Crippen molar-refractivity contribution in [2.24, 2.45) is 0 Å². The lowest BCUT2D eigenvalue weighted by atomic mass is 9.97. The molecule has 0 bridgehead atoms. The molecule has 8 rings (SSSR count). The zero-order valence-corrected chi connectivity index (χ0v) is 36.8. The third-order valence-electron chi connectivity index (χ3n) is 10.7. The molecule has 0 N–H and O–H groups in total. The number of unbranched alkanes of at least 4 members (excludes halogenated alkanes) is 8. The fourth-order valence-corrected chi connectivity index (χ4v) is 13.9. The summed E-state index contributed by atoms with van der Waals surface area (Å²) in [7, 11) is 0. The van der Waals surface area contributed by atoms with Crippen LogP contribution in [-0.2, 0) is 6.42 Å². The summed E-state index contributed by atoms with van der Waals surface area (Å²) in [6.45, 7) is 9.67. The first-order valence-corrected chi connectivity index (χ1v) is 24.2. The summed E-state index contributed by atoms with van der Waals surface area (Å²) in [5, 5.41) is 0. The van der Waals surface area contributed by atoms with Crippen LogP contribution in [0.3, 0.4) is 0 Å². The molecule has 0 spiro atoms.